The van der Waals surface area contributed by atoms with E-state index in [0.29, 0.717) is 13.1 Å². The number of nitrogens with zero attached hydrogens (tertiary/aromatic N) is 1. The van der Waals surface area contributed by atoms with Gasteiger partial charge in [-0.05, 0) is 6.07 Å². The number of rotatable bonds is 4. The van der Waals surface area contributed by atoms with Crippen LogP contribution in [0.25, 0.3) is 10.2 Å². The second-order valence-electron chi connectivity index (χ2n) is 3.39. The van der Waals surface area contributed by atoms with Crippen LogP contribution >= 0.6 is 11.3 Å². The molecule has 0 aliphatic carbocycles. The van der Waals surface area contributed by atoms with Crippen molar-refractivity contribution in [3.8, 4) is 0 Å². The highest BCUT2D eigenvalue weighted by molar-refractivity contribution is 7.16. The number of hydrogen-bond donors (Lipinski definition) is 2. The number of nitrogens with one attached hydrogen (secondary N) is 1. The molecule has 0 saturated heterocycles. The molecule has 2 rings (SSSR count). The third kappa shape index (κ3) is 2.37. The van der Waals surface area contributed by atoms with Crippen LogP contribution in [0.3, 0.4) is 0 Å². The highest BCUT2D eigenvalue weighted by Gasteiger charge is 2.14. The van der Waals surface area contributed by atoms with Crippen LogP contribution in [0.2, 0.25) is 0 Å². The molecule has 1 aromatic carbocycles. The third-order valence-corrected chi connectivity index (χ3v) is 3.19. The molecule has 1 heterocycles. The zero-order valence-corrected chi connectivity index (χ0v) is 9.54. The van der Waals surface area contributed by atoms with Gasteiger partial charge in [0.15, 0.2) is 0 Å². The number of aliphatic hydroxyl groups excluding tert-OH is 1. The number of fused-ring (bicyclic) bond motifs is 1. The third-order valence-electron chi connectivity index (χ3n) is 2.23. The van der Waals surface area contributed by atoms with Gasteiger partial charge in [-0.15, -0.1) is 0 Å². The summed E-state index contributed by atoms with van der Waals surface area (Å²) in [5.41, 5.74) is 3.00. The summed E-state index contributed by atoms with van der Waals surface area (Å²) in [7, 11) is 0. The molecular weight excluding hydrogens is 224 g/mol. The Morgan fingerprint density at radius 2 is 2.25 bits per heavy atom. The summed E-state index contributed by atoms with van der Waals surface area (Å²) < 4.78 is 3.07. The Morgan fingerprint density at radius 1 is 1.44 bits per heavy atom. The predicted octanol–water partition coefficient (Wildman–Crippen LogP) is 0.297. The van der Waals surface area contributed by atoms with Crippen LogP contribution in [-0.4, -0.2) is 24.2 Å². The van der Waals surface area contributed by atoms with E-state index >= 15 is 0 Å². The lowest BCUT2D eigenvalue weighted by atomic mass is 10.3. The van der Waals surface area contributed by atoms with Gasteiger partial charge in [0, 0.05) is 12.6 Å². The Kier molecular flexibility index (Phi) is 3.48. The molecule has 0 saturated carbocycles. The van der Waals surface area contributed by atoms with Crippen LogP contribution in [0.1, 0.15) is 0 Å². The van der Waals surface area contributed by atoms with E-state index in [1.165, 1.54) is 0 Å². The van der Waals surface area contributed by atoms with Crippen molar-refractivity contribution in [2.24, 2.45) is 0 Å². The molecule has 1 amide bonds. The summed E-state index contributed by atoms with van der Waals surface area (Å²) in [6.07, 6.45) is 0. The maximum absolute atomic E-state index is 11.5. The Hall–Kier alpha value is -1.46. The Bertz CT molecular complexity index is 495. The minimum absolute atomic E-state index is 0.0270. The molecule has 0 spiro atoms. The van der Waals surface area contributed by atoms with Crippen LogP contribution in [0.4, 0.5) is 0 Å². The highest BCUT2D eigenvalue weighted by atomic mass is 32.1. The number of para-hydroxylation sites is 1. The number of amides is 1. The summed E-state index contributed by atoms with van der Waals surface area (Å²) >= 11 is 1.61. The number of aromatic nitrogens is 1. The van der Waals surface area contributed by atoms with E-state index in [0.717, 1.165) is 10.2 Å². The number of aliphatic hydroxyl groups is 1. The van der Waals surface area contributed by atoms with E-state index in [4.69, 9.17) is 5.11 Å². The van der Waals surface area contributed by atoms with Crippen LogP contribution in [0, 0.1) is 0 Å². The summed E-state index contributed by atoms with van der Waals surface area (Å²) in [4.78, 5) is 11.5. The maximum Gasteiger partial charge on any atom is 0.286 e. The molecule has 2 N–H and O–H groups in total. The molecule has 0 radical (unpaired) electrons. The Labute approximate surface area is 97.1 Å². The molecule has 84 valence electrons. The van der Waals surface area contributed by atoms with Crippen LogP contribution in [0.5, 0.6) is 0 Å². The van der Waals surface area contributed by atoms with Gasteiger partial charge in [-0.25, -0.2) is 0 Å². The maximum atomic E-state index is 11.5. The molecule has 5 heteroatoms. The van der Waals surface area contributed by atoms with Gasteiger partial charge in [0.25, 0.3) is 5.91 Å². The molecule has 0 aliphatic rings. The van der Waals surface area contributed by atoms with E-state index in [2.05, 4.69) is 5.32 Å². The number of thiazole rings is 1. The lowest BCUT2D eigenvalue weighted by Crippen LogP contribution is -2.42. The summed E-state index contributed by atoms with van der Waals surface area (Å²) in [6.45, 7) is 0.576. The van der Waals surface area contributed by atoms with Gasteiger partial charge in [-0.2, -0.15) is 4.57 Å². The van der Waals surface area contributed by atoms with Crippen LogP contribution in [0.15, 0.2) is 29.8 Å². The lowest BCUT2D eigenvalue weighted by Gasteiger charge is -1.98. The summed E-state index contributed by atoms with van der Waals surface area (Å²) in [5, 5.41) is 11.2. The van der Waals surface area contributed by atoms with E-state index in [1.807, 2.05) is 34.3 Å². The predicted molar refractivity (Wildman–Crippen MR) is 62.1 cm³/mol. The largest absolute Gasteiger partial charge is 0.395 e. The van der Waals surface area contributed by atoms with Crippen LogP contribution < -0.4 is 9.88 Å². The molecule has 4 nitrogen and oxygen atoms in total. The SMILES string of the molecule is O=C(C[n+]1csc2ccccc21)NCCO. The van der Waals surface area contributed by atoms with Gasteiger partial charge < -0.3 is 10.4 Å². The fourth-order valence-corrected chi connectivity index (χ4v) is 2.39. The van der Waals surface area contributed by atoms with E-state index < -0.39 is 0 Å². The second kappa shape index (κ2) is 5.05. The topological polar surface area (TPSA) is 53.2 Å². The molecule has 0 fully saturated rings. The van der Waals surface area contributed by atoms with Crippen molar-refractivity contribution in [3.63, 3.8) is 0 Å². The second-order valence-corrected chi connectivity index (χ2v) is 4.28. The van der Waals surface area contributed by atoms with E-state index in [9.17, 15) is 4.79 Å². The minimum atomic E-state index is -0.0809. The first kappa shape index (κ1) is 11.0. The standard InChI is InChI=1S/C11H12N2O2S/c14-6-5-12-11(15)7-13-8-16-10-4-2-1-3-9(10)13/h1-4,8,14H,5-7H2/p+1. The molecular formula is C11H13N2O2S+. The van der Waals surface area contributed by atoms with Crippen molar-refractivity contribution in [2.45, 2.75) is 6.54 Å². The first-order valence-corrected chi connectivity index (χ1v) is 5.92. The van der Waals surface area contributed by atoms with Gasteiger partial charge in [0.2, 0.25) is 17.6 Å². The lowest BCUT2D eigenvalue weighted by molar-refractivity contribution is -0.654. The van der Waals surface area contributed by atoms with Gasteiger partial charge in [-0.1, -0.05) is 23.5 Å². The van der Waals surface area contributed by atoms with Crippen molar-refractivity contribution in [1.82, 2.24) is 5.32 Å². The van der Waals surface area contributed by atoms with Gasteiger partial charge in [0.05, 0.1) is 6.61 Å². The average Bonchev–Trinajstić information content (AvgIpc) is 2.70. The molecule has 0 atom stereocenters. The zero-order valence-electron chi connectivity index (χ0n) is 8.72. The molecule has 1 aromatic heterocycles. The van der Waals surface area contributed by atoms with Crippen LogP contribution in [-0.2, 0) is 11.3 Å². The number of hydrogen-bond acceptors (Lipinski definition) is 3. The first-order valence-electron chi connectivity index (χ1n) is 5.04. The number of benzene rings is 1. The van der Waals surface area contributed by atoms with E-state index in [1.54, 1.807) is 11.3 Å². The fraction of sp³-hybridized carbons (Fsp3) is 0.273. The summed E-state index contributed by atoms with van der Waals surface area (Å²) in [6, 6.07) is 7.96. The Morgan fingerprint density at radius 3 is 3.06 bits per heavy atom. The summed E-state index contributed by atoms with van der Waals surface area (Å²) in [5.74, 6) is -0.0809. The fourth-order valence-electron chi connectivity index (χ4n) is 1.50. The number of carbonyl (C=O) groups excluding carboxylic acids is 1. The number of carbonyl (C=O) groups is 1. The van der Waals surface area contributed by atoms with Gasteiger partial charge in [-0.3, -0.25) is 4.79 Å². The quantitative estimate of drug-likeness (QED) is 0.751. The normalized spacial score (nSPS) is 10.6. The molecule has 16 heavy (non-hydrogen) atoms. The monoisotopic (exact) mass is 237 g/mol. The van der Waals surface area contributed by atoms with Gasteiger partial charge in [0.1, 0.15) is 4.70 Å². The highest BCUT2D eigenvalue weighted by Crippen LogP contribution is 2.14. The van der Waals surface area contributed by atoms with Crippen molar-refractivity contribution >= 4 is 27.5 Å². The molecule has 2 aromatic rings. The van der Waals surface area contributed by atoms with Crippen molar-refractivity contribution in [1.29, 1.82) is 0 Å². The molecule has 0 unspecified atom stereocenters. The first-order chi connectivity index (χ1) is 7.81. The van der Waals surface area contributed by atoms with Crippen molar-refractivity contribution < 1.29 is 14.5 Å². The smallest absolute Gasteiger partial charge is 0.286 e. The zero-order chi connectivity index (χ0) is 11.4. The van der Waals surface area contributed by atoms with Gasteiger partial charge >= 0.3 is 0 Å². The molecule has 0 bridgehead atoms. The van der Waals surface area contributed by atoms with Crippen molar-refractivity contribution in [2.75, 3.05) is 13.2 Å². The molecule has 0 aliphatic heterocycles. The Balaban J connectivity index is 2.12. The minimum Gasteiger partial charge on any atom is -0.395 e. The van der Waals surface area contributed by atoms with Crippen molar-refractivity contribution in [3.05, 3.63) is 29.8 Å². The average molecular weight is 237 g/mol. The van der Waals surface area contributed by atoms with E-state index in [-0.39, 0.29) is 12.5 Å².